The number of carbonyl (C=O) groups is 4. The third-order valence-electron chi connectivity index (χ3n) is 10.0. The Labute approximate surface area is 412 Å². The molecule has 416 valence electrons. The Hall–Kier alpha value is -2.78. The van der Waals surface area contributed by atoms with Crippen LogP contribution in [0.5, 0.6) is 0 Å². The number of hydrogen-bond donors (Lipinski definition) is 7. The molecule has 4 aliphatic rings. The van der Waals surface area contributed by atoms with Crippen LogP contribution in [-0.4, -0.2) is 218 Å². The van der Waals surface area contributed by atoms with E-state index in [1.165, 1.54) is 0 Å². The Bertz CT molecular complexity index is 2030. The molecule has 0 radical (unpaired) electrons. The van der Waals surface area contributed by atoms with E-state index in [1.54, 1.807) is 0 Å². The van der Waals surface area contributed by atoms with E-state index < -0.39 is 187 Å². The summed E-state index contributed by atoms with van der Waals surface area (Å²) in [7, 11) is -11.2. The minimum Gasteiger partial charge on any atom is -0.726 e. The molecule has 8 unspecified atom stereocenters. The average Bonchev–Trinajstić information content (AvgIpc) is 3.28. The Morgan fingerprint density at radius 3 is 1.43 bits per heavy atom. The number of aliphatic carboxylic acids is 2. The Kier molecular flexibility index (Phi) is 23.9. The number of carboxylic acids is 2. The second-order valence-corrected chi connectivity index (χ2v) is 17.9. The summed E-state index contributed by atoms with van der Waals surface area (Å²) in [6.45, 7) is 2.06. The van der Waals surface area contributed by atoms with Crippen LogP contribution in [0.25, 0.3) is 0 Å². The number of hydrogen-bond acceptors (Lipinski definition) is 37. The zero-order valence-corrected chi connectivity index (χ0v) is 39.3. The van der Waals surface area contributed by atoms with E-state index in [0.29, 0.717) is 0 Å². The summed E-state index contributed by atoms with van der Waals surface area (Å²) in [5.41, 5.74) is 0. The van der Waals surface area contributed by atoms with Crippen LogP contribution in [-0.2, 0) is 113 Å². The van der Waals surface area contributed by atoms with Gasteiger partial charge in [-0.2, -0.15) is 0 Å². The zero-order chi connectivity index (χ0) is 53.8. The molecule has 20 atom stereocenters. The third-order valence-corrected chi connectivity index (χ3v) is 11.7. The average molecular weight is 1130 g/mol. The molecule has 72 heavy (non-hydrogen) atoms. The first-order valence-electron chi connectivity index (χ1n) is 19.7. The molecule has 4 aliphatic heterocycles. The molecule has 0 spiro atoms. The van der Waals surface area contributed by atoms with Crippen LogP contribution in [0.1, 0.15) is 13.8 Å². The lowest BCUT2D eigenvalue weighted by atomic mass is 9.94. The van der Waals surface area contributed by atoms with E-state index in [4.69, 9.17) is 46.3 Å². The lowest BCUT2D eigenvalue weighted by molar-refractivity contribution is -0.778. The van der Waals surface area contributed by atoms with E-state index in [9.17, 15) is 91.4 Å². The van der Waals surface area contributed by atoms with E-state index in [1.807, 2.05) is 0 Å². The highest BCUT2D eigenvalue weighted by Gasteiger charge is 2.58. The molecule has 0 aromatic heterocycles. The van der Waals surface area contributed by atoms with E-state index in [2.05, 4.69) is 44.3 Å². The van der Waals surface area contributed by atoms with Gasteiger partial charge in [-0.15, -0.1) is 15.2 Å². The fourth-order valence-electron chi connectivity index (χ4n) is 7.19. The normalized spacial score (nSPS) is 37.6. The van der Waals surface area contributed by atoms with Gasteiger partial charge in [-0.25, -0.2) is 16.8 Å². The maximum absolute atomic E-state index is 12.9. The molecule has 37 nitrogen and oxygen atoms in total. The maximum atomic E-state index is 12.9. The van der Waals surface area contributed by atoms with Crippen LogP contribution < -0.4 is 31.4 Å². The predicted octanol–water partition coefficient (Wildman–Crippen LogP) is -12.1. The lowest BCUT2D eigenvalue weighted by Crippen LogP contribution is -2.71. The molecule has 0 aromatic carbocycles. The van der Waals surface area contributed by atoms with Gasteiger partial charge in [0.2, 0.25) is 32.6 Å². The van der Waals surface area contributed by atoms with Crippen molar-refractivity contribution in [3.05, 3.63) is 12.7 Å². The van der Waals surface area contributed by atoms with Gasteiger partial charge in [0.1, 0.15) is 97.5 Å². The molecule has 7 N–H and O–H groups in total. The number of ether oxygens (including phenoxy) is 8. The molecule has 4 heterocycles. The molecule has 4 saturated heterocycles. The quantitative estimate of drug-likeness (QED) is 0.00764. The molecule has 41 heteroatoms. The van der Waals surface area contributed by atoms with Crippen molar-refractivity contribution >= 4 is 69.2 Å². The van der Waals surface area contributed by atoms with Crippen molar-refractivity contribution < 1.29 is 165 Å². The molecule has 4 rings (SSSR count). The largest absolute Gasteiger partial charge is 0.726 e. The standard InChI is InChI=1S/C31H48N2O35S4/c1-4-5-53-28-12(32-8(2)34)21(19(63-69-67-65-45)10(56-28)6-54-71(47,48)49)58-31-18(40)16(38)23(25(62-31)27(43)44)60-29-13(33-9(3)35)22(59-30-17(39)14(36)15(37)24(61-30)26(41)42)20(64-70-68-66-46)11(57-29)7-55-72(50,51)52/h4,10-25,28-31,36-40,45-46H,1,5-7H2,2-3H3,(H,32,34)(H,33,35)(H,41,42)(H,43,44)(H,47,48,49)(H,50,51,52)/p-6/t10?,11?,12?,13?,14-,15+,16+,17?,18?,19-,20-,21+,22+,23+,24?,25?,28+,29-,30+,31+/m0/s1. The summed E-state index contributed by atoms with van der Waals surface area (Å²) in [5, 5.41) is 111. The van der Waals surface area contributed by atoms with Crippen molar-refractivity contribution in [1.82, 2.24) is 10.6 Å². The van der Waals surface area contributed by atoms with Gasteiger partial charge in [0.15, 0.2) is 49.8 Å². The topological polar surface area (TPSA) is 548 Å². The predicted molar refractivity (Wildman–Crippen MR) is 201 cm³/mol. The number of nitrogens with one attached hydrogen (secondary N) is 2. The molecular weight excluding hydrogens is 1090 g/mol. The summed E-state index contributed by atoms with van der Waals surface area (Å²) < 4.78 is 141. The molecule has 0 aromatic rings. The first-order valence-corrected chi connectivity index (χ1v) is 23.7. The molecule has 0 bridgehead atoms. The number of carbonyl (C=O) groups excluding carboxylic acids is 4. The lowest BCUT2D eigenvalue weighted by Gasteiger charge is -2.51. The Morgan fingerprint density at radius 2 is 1.01 bits per heavy atom. The molecule has 2 amide bonds. The van der Waals surface area contributed by atoms with Crippen LogP contribution in [0.2, 0.25) is 0 Å². The SMILES string of the molecule is C=CCO[C@@H]1OC(COS(=O)(=O)[O-])[C@H](OSOO[O-])[C@H](O[C@@H]2OC(C(=O)[O-])[C@H](O[C@@H]3OC(COS(=O)(=O)[O-])[C@H](OSOO[O-])[C@H](O[C@@H]4OC(C(=O)[O-])[C@H](O)[C@H](O)C4O)C3NC(C)=O)[C@H](O)C2O)C1NC(C)=O. The van der Waals surface area contributed by atoms with Gasteiger partial charge in [-0.05, 0) is 0 Å². The smallest absolute Gasteiger partial charge is 0.217 e. The van der Waals surface area contributed by atoms with Crippen LogP contribution >= 0.6 is 24.6 Å². The van der Waals surface area contributed by atoms with Crippen molar-refractivity contribution in [3.8, 4) is 0 Å². The molecule has 4 fully saturated rings. The Morgan fingerprint density at radius 1 is 0.597 bits per heavy atom. The van der Waals surface area contributed by atoms with Crippen molar-refractivity contribution in [2.75, 3.05) is 19.8 Å². The number of aliphatic hydroxyl groups excluding tert-OH is 5. The fourth-order valence-corrected chi connectivity index (χ4v) is 8.54. The van der Waals surface area contributed by atoms with Gasteiger partial charge < -0.3 is 113 Å². The van der Waals surface area contributed by atoms with Gasteiger partial charge in [0.05, 0.1) is 31.8 Å². The summed E-state index contributed by atoms with van der Waals surface area (Å²) in [6.07, 6.45) is -40.9. The van der Waals surface area contributed by atoms with Gasteiger partial charge >= 0.3 is 0 Å². The molecule has 0 aliphatic carbocycles. The van der Waals surface area contributed by atoms with Crippen molar-refractivity contribution in [3.63, 3.8) is 0 Å². The van der Waals surface area contributed by atoms with Crippen LogP contribution in [0, 0.1) is 0 Å². The first-order chi connectivity index (χ1) is 33.7. The van der Waals surface area contributed by atoms with Gasteiger partial charge in [-0.3, -0.25) is 36.4 Å². The second kappa shape index (κ2) is 27.8. The van der Waals surface area contributed by atoms with Crippen molar-refractivity contribution in [1.29, 1.82) is 0 Å². The van der Waals surface area contributed by atoms with Crippen LogP contribution in [0.15, 0.2) is 12.7 Å². The minimum absolute atomic E-state index is 0.293. The third kappa shape index (κ3) is 17.1. The first kappa shape index (κ1) is 61.8. The monoisotopic (exact) mass is 1130 g/mol. The van der Waals surface area contributed by atoms with Crippen LogP contribution in [0.4, 0.5) is 0 Å². The highest BCUT2D eigenvalue weighted by Crippen LogP contribution is 2.38. The number of amides is 2. The second-order valence-electron chi connectivity index (χ2n) is 14.8. The number of rotatable bonds is 27. The molecule has 0 saturated carbocycles. The molecular formula is C31H42N2O35S4-6. The minimum atomic E-state index is -5.70. The van der Waals surface area contributed by atoms with Gasteiger partial charge in [-0.1, -0.05) is 6.08 Å². The van der Waals surface area contributed by atoms with Crippen LogP contribution in [0.3, 0.4) is 0 Å². The maximum Gasteiger partial charge on any atom is 0.217 e. The van der Waals surface area contributed by atoms with Gasteiger partial charge in [0.25, 0.3) is 0 Å². The summed E-state index contributed by atoms with van der Waals surface area (Å²) in [5.74, 6) is -6.53. The van der Waals surface area contributed by atoms with E-state index in [-0.39, 0.29) is 24.6 Å². The zero-order valence-electron chi connectivity index (χ0n) is 36.1. The number of carboxylic acid groups (broad SMARTS) is 2. The fraction of sp³-hybridized carbons (Fsp3) is 0.806. The highest BCUT2D eigenvalue weighted by atomic mass is 32.3. The van der Waals surface area contributed by atoms with Crippen molar-refractivity contribution in [2.45, 2.75) is 137 Å². The Balaban J connectivity index is 1.80. The van der Waals surface area contributed by atoms with Crippen molar-refractivity contribution in [2.24, 2.45) is 0 Å². The summed E-state index contributed by atoms with van der Waals surface area (Å²) in [6, 6.07) is -3.89. The summed E-state index contributed by atoms with van der Waals surface area (Å²) in [4.78, 5) is 49.9. The van der Waals surface area contributed by atoms with E-state index in [0.717, 1.165) is 19.9 Å². The summed E-state index contributed by atoms with van der Waals surface area (Å²) >= 11 is -0.679. The van der Waals surface area contributed by atoms with Gasteiger partial charge in [0, 0.05) is 13.8 Å². The number of aliphatic hydroxyl groups is 5. The van der Waals surface area contributed by atoms with E-state index >= 15 is 0 Å². The highest BCUT2D eigenvalue weighted by molar-refractivity contribution is 7.90.